The van der Waals surface area contributed by atoms with Gasteiger partial charge in [-0.15, -0.1) is 0 Å². The van der Waals surface area contributed by atoms with Gasteiger partial charge in [-0.1, -0.05) is 6.07 Å². The van der Waals surface area contributed by atoms with Crippen LogP contribution in [0.5, 0.6) is 0 Å². The van der Waals surface area contributed by atoms with Gasteiger partial charge < -0.3 is 0 Å². The van der Waals surface area contributed by atoms with Crippen LogP contribution in [0.25, 0.3) is 0 Å². The van der Waals surface area contributed by atoms with Crippen molar-refractivity contribution in [3.63, 3.8) is 0 Å². The van der Waals surface area contributed by atoms with E-state index < -0.39 is 18.1 Å². The Morgan fingerprint density at radius 2 is 1.65 bits per heavy atom. The van der Waals surface area contributed by atoms with Crippen molar-refractivity contribution in [1.82, 2.24) is 20.3 Å². The number of rotatable bonds is 5. The Morgan fingerprint density at radius 1 is 0.975 bits per heavy atom. The number of aryl methyl sites for hydroxylation is 1. The molecule has 40 heavy (non-hydrogen) atoms. The second-order valence-electron chi connectivity index (χ2n) is 11.0. The average Bonchev–Trinajstić information content (AvgIpc) is 2.96. The molecule has 0 aliphatic carbocycles. The summed E-state index contributed by atoms with van der Waals surface area (Å²) in [5.74, 6) is -0.476. The number of carbonyl (C=O) groups excluding carboxylic acids is 3. The quantitative estimate of drug-likeness (QED) is 0.544. The van der Waals surface area contributed by atoms with Gasteiger partial charge in [0.05, 0.1) is 0 Å². The second kappa shape index (κ2) is 15.7. The number of nitrogens with zero attached hydrogens (tertiary/aromatic N) is 2. The van der Waals surface area contributed by atoms with E-state index in [4.69, 9.17) is 12.1 Å². The number of nitrogens with one attached hydrogen (secondary N) is 2. The summed E-state index contributed by atoms with van der Waals surface area (Å²) in [4.78, 5) is 43.9. The van der Waals surface area contributed by atoms with Gasteiger partial charge in [-0.3, -0.25) is 0 Å². The van der Waals surface area contributed by atoms with Gasteiger partial charge >= 0.3 is 239 Å². The van der Waals surface area contributed by atoms with E-state index in [0.29, 0.717) is 25.9 Å². The monoisotopic (exact) mass is 562 g/mol. The van der Waals surface area contributed by atoms with E-state index in [1.807, 2.05) is 42.1 Å². The molecule has 4 atom stereocenters. The molecule has 0 saturated carbocycles. The molecule has 0 saturated heterocycles. The predicted molar refractivity (Wildman–Crippen MR) is 164 cm³/mol. The van der Waals surface area contributed by atoms with E-state index in [0.717, 1.165) is 31.2 Å². The molecule has 0 fully saturated rings. The van der Waals surface area contributed by atoms with E-state index in [2.05, 4.69) is 41.8 Å². The number of hydrogen-bond acceptors (Lipinski definition) is 4. The van der Waals surface area contributed by atoms with Crippen LogP contribution in [-0.4, -0.2) is 72.0 Å². The molecule has 214 valence electrons. The maximum absolute atomic E-state index is 13.8. The summed E-state index contributed by atoms with van der Waals surface area (Å²) in [5, 5.41) is 5.96. The van der Waals surface area contributed by atoms with E-state index in [9.17, 15) is 14.4 Å². The molecule has 3 amide bonds. The van der Waals surface area contributed by atoms with Crippen LogP contribution in [0, 0.1) is 5.92 Å². The van der Waals surface area contributed by atoms with Gasteiger partial charge in [-0.05, 0) is 0 Å². The molecular formula is C31H43BN4O3S. The van der Waals surface area contributed by atoms with Crippen LogP contribution in [0.3, 0.4) is 0 Å². The summed E-state index contributed by atoms with van der Waals surface area (Å²) in [7, 11) is 1.65. The van der Waals surface area contributed by atoms with Gasteiger partial charge in [-0.25, -0.2) is 0 Å². The Balaban J connectivity index is 1.92. The number of fused-ring (bicyclic) bond motifs is 1. The molecule has 9 heteroatoms. The van der Waals surface area contributed by atoms with Crippen LogP contribution >= 0.6 is 12.1 Å². The molecule has 2 aromatic rings. The van der Waals surface area contributed by atoms with Gasteiger partial charge in [0.25, 0.3) is 0 Å². The molecule has 1 aliphatic rings. The minimum atomic E-state index is -0.756. The number of carbonyl (C=O) groups is 3. The van der Waals surface area contributed by atoms with Gasteiger partial charge in [0.15, 0.2) is 0 Å². The van der Waals surface area contributed by atoms with Crippen LogP contribution in [0.15, 0.2) is 54.6 Å². The Hall–Kier alpha value is -3.07. The molecule has 0 aromatic heterocycles. The predicted octanol–water partition coefficient (Wildman–Crippen LogP) is 3.70. The zero-order chi connectivity index (χ0) is 29.1. The molecule has 0 spiro atoms. The van der Waals surface area contributed by atoms with Crippen molar-refractivity contribution in [3.8, 4) is 0 Å². The molecule has 3 rings (SSSR count). The Labute approximate surface area is 245 Å². The first kappa shape index (κ1) is 31.5. The SMILES string of the molecule is CCC[C@H]1C(=O)N(C)[C@H](C)C(=O)N[C@H](Cc2ccccc2)C(=O)NCCCc2ccccc2C[C@H](C)CN1B=S. The topological polar surface area (TPSA) is 81.8 Å². The Kier molecular flexibility index (Phi) is 12.3. The number of benzene rings is 2. The third-order valence-electron chi connectivity index (χ3n) is 7.74. The molecule has 7 nitrogen and oxygen atoms in total. The minimum absolute atomic E-state index is 0.150. The van der Waals surface area contributed by atoms with Crippen LogP contribution in [-0.2, 0) is 33.6 Å². The summed E-state index contributed by atoms with van der Waals surface area (Å²) < 4.78 is 0. The number of amides is 3. The van der Waals surface area contributed by atoms with Crippen LogP contribution < -0.4 is 10.6 Å². The van der Waals surface area contributed by atoms with Gasteiger partial charge in [0.2, 0.25) is 0 Å². The number of likely N-dealkylation sites (N-methyl/N-ethyl adjacent to an activating group) is 1. The first-order chi connectivity index (χ1) is 19.2. The van der Waals surface area contributed by atoms with E-state index in [1.54, 1.807) is 20.3 Å². The molecule has 0 unspecified atom stereocenters. The van der Waals surface area contributed by atoms with Crippen molar-refractivity contribution in [2.45, 2.75) is 77.4 Å². The normalized spacial score (nSPS) is 23.8. The third-order valence-corrected chi connectivity index (χ3v) is 8.01. The fourth-order valence-electron chi connectivity index (χ4n) is 5.32. The summed E-state index contributed by atoms with van der Waals surface area (Å²) in [6, 6.07) is 16.1. The van der Waals surface area contributed by atoms with Crippen LogP contribution in [0.2, 0.25) is 0 Å². The van der Waals surface area contributed by atoms with Gasteiger partial charge in [0, 0.05) is 0 Å². The summed E-state index contributed by atoms with van der Waals surface area (Å²) in [5.41, 5.74) is 3.50. The molecule has 1 aliphatic heterocycles. The third kappa shape index (κ3) is 8.72. The Morgan fingerprint density at radius 3 is 2.33 bits per heavy atom. The summed E-state index contributed by atoms with van der Waals surface area (Å²) in [6.07, 6.45) is 5.89. The number of hydrogen-bond donors (Lipinski definition) is 2. The second-order valence-corrected chi connectivity index (χ2v) is 11.2. The molecule has 2 N–H and O–H groups in total. The van der Waals surface area contributed by atoms with E-state index in [1.165, 1.54) is 16.0 Å². The molecule has 2 aromatic carbocycles. The molecular weight excluding hydrogens is 519 g/mol. The van der Waals surface area contributed by atoms with Crippen molar-refractivity contribution >= 4 is 36.1 Å². The van der Waals surface area contributed by atoms with E-state index in [-0.39, 0.29) is 23.6 Å². The van der Waals surface area contributed by atoms with Crippen molar-refractivity contribution < 1.29 is 14.4 Å². The fraction of sp³-hybridized carbons (Fsp3) is 0.516. The van der Waals surface area contributed by atoms with Crippen molar-refractivity contribution in [1.29, 1.82) is 0 Å². The zero-order valence-electron chi connectivity index (χ0n) is 24.3. The summed E-state index contributed by atoms with van der Waals surface area (Å²) in [6.45, 7) is 7.09. The van der Waals surface area contributed by atoms with Crippen LogP contribution in [0.4, 0.5) is 0 Å². The van der Waals surface area contributed by atoms with E-state index >= 15 is 0 Å². The van der Waals surface area contributed by atoms with Crippen molar-refractivity contribution in [2.24, 2.45) is 5.92 Å². The zero-order valence-corrected chi connectivity index (χ0v) is 25.1. The standard InChI is InChI=1S/C31H43BN4O3S/c1-5-12-28-31(39)35(4)23(3)29(37)34-27(20-24-13-7-6-8-14-24)30(38)33-18-11-17-25-15-9-10-16-26(25)19-22(2)21-36(28)32-40/h6-10,13-16,22-23,27-28H,5,11-12,17-21H2,1-4H3,(H,33,38)(H,34,37)/t22-,23+,27+,28-/m0/s1. The maximum atomic E-state index is 13.8. The average molecular weight is 563 g/mol. The van der Waals surface area contributed by atoms with Crippen molar-refractivity contribution in [3.05, 3.63) is 71.3 Å². The summed E-state index contributed by atoms with van der Waals surface area (Å²) >= 11 is 5.40. The molecule has 1 heterocycles. The van der Waals surface area contributed by atoms with Gasteiger partial charge in [-0.2, -0.15) is 0 Å². The fourth-order valence-corrected chi connectivity index (χ4v) is 5.55. The first-order valence-electron chi connectivity index (χ1n) is 14.4. The molecule has 0 bridgehead atoms. The van der Waals surface area contributed by atoms with Crippen molar-refractivity contribution in [2.75, 3.05) is 20.1 Å². The van der Waals surface area contributed by atoms with Crippen LogP contribution in [0.1, 0.15) is 56.7 Å². The van der Waals surface area contributed by atoms with Gasteiger partial charge in [0.1, 0.15) is 0 Å². The first-order valence-corrected chi connectivity index (χ1v) is 14.9. The Bertz CT molecular complexity index is 1150. The molecule has 0 radical (unpaired) electrons.